The Kier molecular flexibility index (Phi) is 5.02. The highest BCUT2D eigenvalue weighted by Crippen LogP contribution is 2.29. The summed E-state index contributed by atoms with van der Waals surface area (Å²) >= 11 is 3.49. The summed E-state index contributed by atoms with van der Waals surface area (Å²) in [6.07, 6.45) is 0. The van der Waals surface area contributed by atoms with Crippen LogP contribution >= 0.6 is 15.9 Å². The highest BCUT2D eigenvalue weighted by Gasteiger charge is 2.23. The number of aryl methyl sites for hydroxylation is 2. The van der Waals surface area contributed by atoms with E-state index in [1.54, 1.807) is 0 Å². The van der Waals surface area contributed by atoms with Crippen molar-refractivity contribution >= 4 is 27.6 Å². The van der Waals surface area contributed by atoms with E-state index in [4.69, 9.17) is 4.74 Å². The molecule has 0 radical (unpaired) electrons. The van der Waals surface area contributed by atoms with Crippen LogP contribution in [0.1, 0.15) is 22.7 Å². The van der Waals surface area contributed by atoms with Gasteiger partial charge in [0.25, 0.3) is 0 Å². The molecule has 2 rings (SSSR count). The molecule has 1 atom stereocenters. The smallest absolute Gasteiger partial charge is 0.332 e. The van der Waals surface area contributed by atoms with Crippen molar-refractivity contribution in [1.29, 1.82) is 0 Å². The van der Waals surface area contributed by atoms with Gasteiger partial charge in [-0.25, -0.2) is 4.79 Å². The van der Waals surface area contributed by atoms with E-state index in [9.17, 15) is 4.79 Å². The van der Waals surface area contributed by atoms with Crippen LogP contribution in [0.3, 0.4) is 0 Å². The van der Waals surface area contributed by atoms with E-state index in [-0.39, 0.29) is 5.97 Å². The number of nitrogens with one attached hydrogen (secondary N) is 1. The van der Waals surface area contributed by atoms with Gasteiger partial charge in [0.05, 0.1) is 7.11 Å². The highest BCUT2D eigenvalue weighted by molar-refractivity contribution is 9.10. The van der Waals surface area contributed by atoms with Crippen molar-refractivity contribution in [2.75, 3.05) is 12.4 Å². The molecule has 21 heavy (non-hydrogen) atoms. The normalized spacial score (nSPS) is 11.8. The topological polar surface area (TPSA) is 38.3 Å². The summed E-state index contributed by atoms with van der Waals surface area (Å²) in [4.78, 5) is 12.2. The van der Waals surface area contributed by atoms with Crippen LogP contribution in [-0.4, -0.2) is 13.1 Å². The molecule has 0 fully saturated rings. The Hall–Kier alpha value is -1.81. The number of hydrogen-bond donors (Lipinski definition) is 1. The summed E-state index contributed by atoms with van der Waals surface area (Å²) in [5, 5.41) is 3.26. The minimum Gasteiger partial charge on any atom is -0.467 e. The molecule has 2 aromatic rings. The van der Waals surface area contributed by atoms with Crippen molar-refractivity contribution in [3.8, 4) is 0 Å². The molecule has 1 N–H and O–H groups in total. The molecule has 0 heterocycles. The molecule has 3 nitrogen and oxygen atoms in total. The molecule has 0 spiro atoms. The molecule has 4 heteroatoms. The number of esters is 1. The molecule has 0 aliphatic heterocycles. The van der Waals surface area contributed by atoms with E-state index >= 15 is 0 Å². The van der Waals surface area contributed by atoms with Gasteiger partial charge in [-0.15, -0.1) is 0 Å². The minimum atomic E-state index is -0.534. The number of carbonyl (C=O) groups is 1. The van der Waals surface area contributed by atoms with Crippen LogP contribution < -0.4 is 5.32 Å². The molecule has 0 bridgehead atoms. The predicted molar refractivity (Wildman–Crippen MR) is 88.4 cm³/mol. The Labute approximate surface area is 133 Å². The van der Waals surface area contributed by atoms with Gasteiger partial charge in [-0.3, -0.25) is 0 Å². The van der Waals surface area contributed by atoms with Crippen LogP contribution in [0.2, 0.25) is 0 Å². The molecule has 0 saturated carbocycles. The first-order valence-electron chi connectivity index (χ1n) is 6.69. The van der Waals surface area contributed by atoms with Gasteiger partial charge in [0.1, 0.15) is 0 Å². The fourth-order valence-corrected chi connectivity index (χ4v) is 2.59. The van der Waals surface area contributed by atoms with Gasteiger partial charge in [0.2, 0.25) is 0 Å². The summed E-state index contributed by atoms with van der Waals surface area (Å²) < 4.78 is 5.86. The quantitative estimate of drug-likeness (QED) is 0.833. The van der Waals surface area contributed by atoms with Gasteiger partial charge in [-0.05, 0) is 53.0 Å². The number of rotatable bonds is 4. The minimum absolute atomic E-state index is 0.306. The molecular formula is C17H18BrNO2. The number of anilines is 1. The van der Waals surface area contributed by atoms with E-state index in [0.717, 1.165) is 26.9 Å². The lowest BCUT2D eigenvalue weighted by Crippen LogP contribution is -2.23. The summed E-state index contributed by atoms with van der Waals surface area (Å²) in [5.74, 6) is -0.306. The Morgan fingerprint density at radius 1 is 1.19 bits per heavy atom. The van der Waals surface area contributed by atoms with Gasteiger partial charge in [0.15, 0.2) is 6.04 Å². The van der Waals surface area contributed by atoms with E-state index in [1.807, 2.05) is 56.3 Å². The zero-order chi connectivity index (χ0) is 15.4. The maximum absolute atomic E-state index is 12.2. The Balaban J connectivity index is 2.42. The molecule has 0 aliphatic rings. The average molecular weight is 348 g/mol. The first-order chi connectivity index (χ1) is 10.0. The Morgan fingerprint density at radius 2 is 1.90 bits per heavy atom. The van der Waals surface area contributed by atoms with Crippen molar-refractivity contribution in [3.05, 3.63) is 63.6 Å². The summed E-state index contributed by atoms with van der Waals surface area (Å²) in [6.45, 7) is 4.00. The van der Waals surface area contributed by atoms with Gasteiger partial charge < -0.3 is 10.1 Å². The van der Waals surface area contributed by atoms with E-state index in [1.165, 1.54) is 7.11 Å². The fourth-order valence-electron chi connectivity index (χ4n) is 2.19. The number of benzene rings is 2. The van der Waals surface area contributed by atoms with Crippen LogP contribution in [-0.2, 0) is 9.53 Å². The molecule has 2 aromatic carbocycles. The van der Waals surface area contributed by atoms with Crippen LogP contribution in [0.15, 0.2) is 46.9 Å². The summed E-state index contributed by atoms with van der Waals surface area (Å²) in [6, 6.07) is 13.2. The molecule has 0 amide bonds. The number of ether oxygens (including phenoxy) is 1. The molecular weight excluding hydrogens is 330 g/mol. The number of carbonyl (C=O) groups excluding carboxylic acids is 1. The first-order valence-corrected chi connectivity index (χ1v) is 7.48. The number of halogens is 1. The monoisotopic (exact) mass is 347 g/mol. The lowest BCUT2D eigenvalue weighted by atomic mass is 9.98. The van der Waals surface area contributed by atoms with Crippen molar-refractivity contribution in [3.63, 3.8) is 0 Å². The average Bonchev–Trinajstić information content (AvgIpc) is 2.48. The molecule has 0 saturated heterocycles. The van der Waals surface area contributed by atoms with Crippen LogP contribution in [0.25, 0.3) is 0 Å². The summed E-state index contributed by atoms with van der Waals surface area (Å²) in [7, 11) is 1.40. The van der Waals surface area contributed by atoms with Crippen LogP contribution in [0.5, 0.6) is 0 Å². The van der Waals surface area contributed by atoms with Crippen LogP contribution in [0.4, 0.5) is 5.69 Å². The third kappa shape index (κ3) is 3.64. The van der Waals surface area contributed by atoms with Gasteiger partial charge in [-0.1, -0.05) is 35.9 Å². The highest BCUT2D eigenvalue weighted by atomic mass is 79.9. The van der Waals surface area contributed by atoms with Gasteiger partial charge >= 0.3 is 5.97 Å². The molecule has 110 valence electrons. The molecule has 0 aromatic heterocycles. The third-order valence-electron chi connectivity index (χ3n) is 3.36. The first kappa shape index (κ1) is 15.6. The number of methoxy groups -OCH3 is 1. The maximum Gasteiger partial charge on any atom is 0.332 e. The van der Waals surface area contributed by atoms with E-state index in [0.29, 0.717) is 0 Å². The van der Waals surface area contributed by atoms with Crippen LogP contribution in [0, 0.1) is 13.8 Å². The lowest BCUT2D eigenvalue weighted by Gasteiger charge is -2.21. The fraction of sp³-hybridized carbons (Fsp3) is 0.235. The zero-order valence-electron chi connectivity index (χ0n) is 12.3. The zero-order valence-corrected chi connectivity index (χ0v) is 13.9. The van der Waals surface area contributed by atoms with E-state index < -0.39 is 6.04 Å². The third-order valence-corrected chi connectivity index (χ3v) is 4.05. The van der Waals surface area contributed by atoms with Gasteiger partial charge in [-0.2, -0.15) is 0 Å². The number of hydrogen-bond acceptors (Lipinski definition) is 3. The second-order valence-corrected chi connectivity index (χ2v) is 5.79. The SMILES string of the molecule is COC(=O)C(Nc1ccccc1Br)c1cc(C)ccc1C. The molecule has 1 unspecified atom stereocenters. The standard InChI is InChI=1S/C17H18BrNO2/c1-11-8-9-12(2)13(10-11)16(17(20)21-3)19-15-7-5-4-6-14(15)18/h4-10,16,19H,1-3H3. The van der Waals surface area contributed by atoms with Crippen molar-refractivity contribution in [2.24, 2.45) is 0 Å². The second-order valence-electron chi connectivity index (χ2n) is 4.94. The lowest BCUT2D eigenvalue weighted by molar-refractivity contribution is -0.141. The largest absolute Gasteiger partial charge is 0.467 e. The van der Waals surface area contributed by atoms with Crippen molar-refractivity contribution in [2.45, 2.75) is 19.9 Å². The Morgan fingerprint density at radius 3 is 2.57 bits per heavy atom. The second kappa shape index (κ2) is 6.76. The maximum atomic E-state index is 12.2. The number of para-hydroxylation sites is 1. The molecule has 0 aliphatic carbocycles. The van der Waals surface area contributed by atoms with Crippen molar-refractivity contribution in [1.82, 2.24) is 0 Å². The van der Waals surface area contributed by atoms with Gasteiger partial charge in [0, 0.05) is 10.2 Å². The van der Waals surface area contributed by atoms with E-state index in [2.05, 4.69) is 21.2 Å². The Bertz CT molecular complexity index is 655. The predicted octanol–water partition coefficient (Wildman–Crippen LogP) is 4.39. The van der Waals surface area contributed by atoms with Crippen molar-refractivity contribution < 1.29 is 9.53 Å². The summed E-state index contributed by atoms with van der Waals surface area (Å²) in [5.41, 5.74) is 3.94.